The molecule has 0 saturated heterocycles. The van der Waals surface area contributed by atoms with Crippen LogP contribution in [0, 0.1) is 0 Å². The van der Waals surface area contributed by atoms with E-state index in [0.29, 0.717) is 17.9 Å². The third-order valence-corrected chi connectivity index (χ3v) is 5.29. The largest absolute Gasteiger partial charge is 0.463 e. The number of carbonyl (C=O) groups is 2. The molecule has 3 rings (SSSR count). The van der Waals surface area contributed by atoms with E-state index in [1.165, 1.54) is 6.92 Å². The van der Waals surface area contributed by atoms with Crippen LogP contribution in [0.25, 0.3) is 0 Å². The first-order chi connectivity index (χ1) is 14.0. The number of rotatable bonds is 7. The molecule has 4 nitrogen and oxygen atoms in total. The molecule has 1 aliphatic heterocycles. The maximum atomic E-state index is 11.8. The summed E-state index contributed by atoms with van der Waals surface area (Å²) in [6.45, 7) is 3.46. The molecular weight excluding hydrogens is 388 g/mol. The fraction of sp³-hybridized carbons (Fsp3) is 0.333. The van der Waals surface area contributed by atoms with E-state index in [2.05, 4.69) is 12.1 Å². The van der Waals surface area contributed by atoms with Crippen molar-refractivity contribution in [3.63, 3.8) is 0 Å². The van der Waals surface area contributed by atoms with Crippen molar-refractivity contribution in [3.8, 4) is 0 Å². The molecule has 0 spiro atoms. The summed E-state index contributed by atoms with van der Waals surface area (Å²) in [5, 5.41) is 0.699. The minimum Gasteiger partial charge on any atom is -0.463 e. The zero-order chi connectivity index (χ0) is 20.8. The van der Waals surface area contributed by atoms with E-state index in [0.717, 1.165) is 28.7 Å². The van der Waals surface area contributed by atoms with Gasteiger partial charge >= 0.3 is 5.97 Å². The molecular formula is C24H25ClO4. The normalized spacial score (nSPS) is 18.4. The first-order valence-electron chi connectivity index (χ1n) is 9.82. The smallest absolute Gasteiger partial charge is 0.302 e. The summed E-state index contributed by atoms with van der Waals surface area (Å²) >= 11 is 6.44. The number of esters is 1. The number of carbonyl (C=O) groups excluding carboxylic acids is 2. The van der Waals surface area contributed by atoms with E-state index in [4.69, 9.17) is 21.1 Å². The van der Waals surface area contributed by atoms with Gasteiger partial charge in [0.1, 0.15) is 12.7 Å². The van der Waals surface area contributed by atoms with Crippen molar-refractivity contribution >= 4 is 23.4 Å². The standard InChI is InChI=1S/C24H25ClO4/c1-3-23(27)18-9-7-17(8-10-18)13-20-14-19(11-12-22(20)25)24-6-4-5-21(29-24)15-28-16(2)26/h4-5,7-12,14,21,24H,3,6,13,15H2,1-2H3/t21-,24+/m1/s1. The molecule has 152 valence electrons. The van der Waals surface area contributed by atoms with Crippen LogP contribution in [-0.2, 0) is 20.7 Å². The van der Waals surface area contributed by atoms with Crippen molar-refractivity contribution in [3.05, 3.63) is 81.9 Å². The fourth-order valence-electron chi connectivity index (χ4n) is 3.34. The maximum Gasteiger partial charge on any atom is 0.302 e. The Morgan fingerprint density at radius 1 is 1.17 bits per heavy atom. The second-order valence-electron chi connectivity index (χ2n) is 7.13. The predicted octanol–water partition coefficient (Wildman–Crippen LogP) is 5.47. The number of halogens is 1. The van der Waals surface area contributed by atoms with Gasteiger partial charge in [0.15, 0.2) is 5.78 Å². The highest BCUT2D eigenvalue weighted by Gasteiger charge is 2.21. The highest BCUT2D eigenvalue weighted by Crippen LogP contribution is 2.31. The first-order valence-corrected chi connectivity index (χ1v) is 10.2. The van der Waals surface area contributed by atoms with Crippen LogP contribution in [-0.4, -0.2) is 24.5 Å². The zero-order valence-corrected chi connectivity index (χ0v) is 17.4. The van der Waals surface area contributed by atoms with Crippen molar-refractivity contribution in [1.29, 1.82) is 0 Å². The van der Waals surface area contributed by atoms with Crippen molar-refractivity contribution in [2.75, 3.05) is 6.61 Å². The van der Waals surface area contributed by atoms with Gasteiger partial charge in [-0.1, -0.05) is 67.1 Å². The number of ketones is 1. The molecule has 1 heterocycles. The molecule has 5 heteroatoms. The summed E-state index contributed by atoms with van der Waals surface area (Å²) in [6.07, 6.45) is 5.55. The summed E-state index contributed by atoms with van der Waals surface area (Å²) in [4.78, 5) is 22.8. The quantitative estimate of drug-likeness (QED) is 0.343. The Morgan fingerprint density at radius 2 is 1.93 bits per heavy atom. The lowest BCUT2D eigenvalue weighted by molar-refractivity contribution is -0.145. The number of ether oxygens (including phenoxy) is 2. The van der Waals surface area contributed by atoms with Gasteiger partial charge < -0.3 is 9.47 Å². The molecule has 0 unspecified atom stereocenters. The van der Waals surface area contributed by atoms with Crippen molar-refractivity contribution in [2.24, 2.45) is 0 Å². The fourth-order valence-corrected chi connectivity index (χ4v) is 3.52. The predicted molar refractivity (Wildman–Crippen MR) is 113 cm³/mol. The highest BCUT2D eigenvalue weighted by molar-refractivity contribution is 6.31. The van der Waals surface area contributed by atoms with Gasteiger partial charge in [-0.05, 0) is 35.6 Å². The second-order valence-corrected chi connectivity index (χ2v) is 7.54. The van der Waals surface area contributed by atoms with Gasteiger partial charge in [0.05, 0.1) is 6.10 Å². The summed E-state index contributed by atoms with van der Waals surface area (Å²) < 4.78 is 11.1. The molecule has 0 aromatic heterocycles. The average molecular weight is 413 g/mol. The Hall–Kier alpha value is -2.43. The summed E-state index contributed by atoms with van der Waals surface area (Å²) in [6, 6.07) is 13.6. The van der Waals surface area contributed by atoms with Crippen LogP contribution in [0.4, 0.5) is 0 Å². The van der Waals surface area contributed by atoms with Crippen LogP contribution in [0.1, 0.15) is 59.8 Å². The Bertz CT molecular complexity index is 902. The summed E-state index contributed by atoms with van der Waals surface area (Å²) in [5.74, 6) is -0.174. The second kappa shape index (κ2) is 9.86. The lowest BCUT2D eigenvalue weighted by Crippen LogP contribution is -2.24. The molecule has 0 fully saturated rings. The van der Waals surface area contributed by atoms with Gasteiger partial charge in [0, 0.05) is 23.9 Å². The van der Waals surface area contributed by atoms with Crippen molar-refractivity contribution in [2.45, 2.75) is 45.3 Å². The third-order valence-electron chi connectivity index (χ3n) is 4.92. The number of Topliss-reactive ketones (excluding diaryl/α,β-unsaturated/α-hetero) is 1. The van der Waals surface area contributed by atoms with E-state index in [1.807, 2.05) is 49.4 Å². The Morgan fingerprint density at radius 3 is 2.62 bits per heavy atom. The van der Waals surface area contributed by atoms with Gasteiger partial charge in [-0.3, -0.25) is 9.59 Å². The van der Waals surface area contributed by atoms with Crippen LogP contribution >= 0.6 is 11.6 Å². The molecule has 2 atom stereocenters. The molecule has 0 saturated carbocycles. The van der Waals surface area contributed by atoms with Crippen molar-refractivity contribution in [1.82, 2.24) is 0 Å². The molecule has 1 aliphatic rings. The zero-order valence-electron chi connectivity index (χ0n) is 16.7. The van der Waals surface area contributed by atoms with Gasteiger partial charge in [-0.2, -0.15) is 0 Å². The van der Waals surface area contributed by atoms with Gasteiger partial charge in [0.2, 0.25) is 0 Å². The molecule has 0 amide bonds. The van der Waals surface area contributed by atoms with Crippen LogP contribution in [0.15, 0.2) is 54.6 Å². The third kappa shape index (κ3) is 5.78. The van der Waals surface area contributed by atoms with Crippen LogP contribution < -0.4 is 0 Å². The monoisotopic (exact) mass is 412 g/mol. The molecule has 29 heavy (non-hydrogen) atoms. The number of hydrogen-bond acceptors (Lipinski definition) is 4. The van der Waals surface area contributed by atoms with E-state index < -0.39 is 0 Å². The SMILES string of the molecule is CCC(=O)c1ccc(Cc2cc([C@@H]3CC=C[C@H](COC(C)=O)O3)ccc2Cl)cc1. The Kier molecular flexibility index (Phi) is 7.24. The number of benzene rings is 2. The Labute approximate surface area is 176 Å². The summed E-state index contributed by atoms with van der Waals surface area (Å²) in [7, 11) is 0. The van der Waals surface area contributed by atoms with Gasteiger partial charge in [-0.25, -0.2) is 0 Å². The first kappa shape index (κ1) is 21.3. The molecule has 0 radical (unpaired) electrons. The van der Waals surface area contributed by atoms with E-state index in [1.54, 1.807) is 0 Å². The number of hydrogen-bond donors (Lipinski definition) is 0. The van der Waals surface area contributed by atoms with Crippen LogP contribution in [0.3, 0.4) is 0 Å². The van der Waals surface area contributed by atoms with Gasteiger partial charge in [-0.15, -0.1) is 0 Å². The molecule has 2 aromatic rings. The highest BCUT2D eigenvalue weighted by atomic mass is 35.5. The lowest BCUT2D eigenvalue weighted by Gasteiger charge is -2.26. The van der Waals surface area contributed by atoms with Crippen LogP contribution in [0.2, 0.25) is 5.02 Å². The van der Waals surface area contributed by atoms with Gasteiger partial charge in [0.25, 0.3) is 0 Å². The molecule has 0 aliphatic carbocycles. The van der Waals surface area contributed by atoms with E-state index in [9.17, 15) is 9.59 Å². The average Bonchev–Trinajstić information content (AvgIpc) is 2.74. The van der Waals surface area contributed by atoms with E-state index >= 15 is 0 Å². The van der Waals surface area contributed by atoms with Crippen molar-refractivity contribution < 1.29 is 19.1 Å². The molecule has 0 N–H and O–H groups in total. The van der Waals surface area contributed by atoms with E-state index in [-0.39, 0.29) is 30.6 Å². The minimum atomic E-state index is -0.315. The molecule has 2 aromatic carbocycles. The topological polar surface area (TPSA) is 52.6 Å². The maximum absolute atomic E-state index is 11.8. The lowest BCUT2D eigenvalue weighted by atomic mass is 9.97. The van der Waals surface area contributed by atoms with Crippen LogP contribution in [0.5, 0.6) is 0 Å². The minimum absolute atomic E-state index is 0.110. The molecule has 0 bridgehead atoms. The Balaban J connectivity index is 1.72. The summed E-state index contributed by atoms with van der Waals surface area (Å²) in [5.41, 5.74) is 3.87.